The lowest BCUT2D eigenvalue weighted by molar-refractivity contribution is -0.137. The second-order valence-corrected chi connectivity index (χ2v) is 7.34. The Labute approximate surface area is 167 Å². The minimum atomic E-state index is -4.47. The van der Waals surface area contributed by atoms with Crippen LogP contribution in [-0.2, 0) is 19.3 Å². The van der Waals surface area contributed by atoms with E-state index in [0.717, 1.165) is 23.5 Å². The number of carbonyl (C=O) groups excluding carboxylic acids is 1. The molecule has 1 heterocycles. The molecule has 0 radical (unpaired) electrons. The molecule has 0 saturated carbocycles. The topological polar surface area (TPSA) is 51.1 Å². The third kappa shape index (κ3) is 4.92. The van der Waals surface area contributed by atoms with E-state index in [4.69, 9.17) is 0 Å². The molecule has 0 spiro atoms. The number of nitrogens with one attached hydrogen (secondary N) is 1. The maximum Gasteiger partial charge on any atom is 0.416 e. The summed E-state index contributed by atoms with van der Waals surface area (Å²) in [4.78, 5) is 24.5. The fourth-order valence-corrected chi connectivity index (χ4v) is 3.72. The average Bonchev–Trinajstić information content (AvgIpc) is 2.94. The summed E-state index contributed by atoms with van der Waals surface area (Å²) < 4.78 is 53.1. The Morgan fingerprint density at radius 2 is 1.79 bits per heavy atom. The van der Waals surface area contributed by atoms with Crippen molar-refractivity contribution in [3.63, 3.8) is 0 Å². The van der Waals surface area contributed by atoms with Crippen LogP contribution in [0.3, 0.4) is 0 Å². The largest absolute Gasteiger partial charge is 0.416 e. The van der Waals surface area contributed by atoms with Crippen LogP contribution < -0.4 is 10.2 Å². The van der Waals surface area contributed by atoms with Crippen molar-refractivity contribution in [2.75, 3.05) is 0 Å². The molecule has 2 aromatic carbocycles. The highest BCUT2D eigenvalue weighted by Crippen LogP contribution is 2.29. The lowest BCUT2D eigenvalue weighted by atomic mass is 10.1. The van der Waals surface area contributed by atoms with E-state index in [0.29, 0.717) is 11.3 Å². The standard InChI is InChI=1S/C20H16F4N2O2S/c1-12-17(29-19(28)26(12)11-14-5-3-7-16(21)9-14)18(27)25-10-13-4-2-6-15(8-13)20(22,23)24/h2-9H,10-11H2,1H3,(H,25,27). The van der Waals surface area contributed by atoms with E-state index >= 15 is 0 Å². The zero-order valence-electron chi connectivity index (χ0n) is 15.2. The number of nitrogens with zero attached hydrogens (tertiary/aromatic N) is 1. The predicted molar refractivity (Wildman–Crippen MR) is 101 cm³/mol. The number of hydrogen-bond acceptors (Lipinski definition) is 3. The third-order valence-corrected chi connectivity index (χ3v) is 5.37. The van der Waals surface area contributed by atoms with Crippen molar-refractivity contribution in [1.29, 1.82) is 0 Å². The highest BCUT2D eigenvalue weighted by atomic mass is 32.1. The van der Waals surface area contributed by atoms with Crippen LogP contribution in [0, 0.1) is 12.7 Å². The Balaban J connectivity index is 1.74. The molecule has 0 unspecified atom stereocenters. The number of amides is 1. The van der Waals surface area contributed by atoms with Gasteiger partial charge in [0.25, 0.3) is 5.91 Å². The minimum absolute atomic E-state index is 0.111. The summed E-state index contributed by atoms with van der Waals surface area (Å²) in [6.07, 6.45) is -4.47. The number of rotatable bonds is 5. The second kappa shape index (κ2) is 8.20. The molecule has 0 aliphatic rings. The highest BCUT2D eigenvalue weighted by molar-refractivity contribution is 7.11. The quantitative estimate of drug-likeness (QED) is 0.619. The summed E-state index contributed by atoms with van der Waals surface area (Å²) in [6.45, 7) is 1.59. The maximum absolute atomic E-state index is 13.3. The van der Waals surface area contributed by atoms with Crippen molar-refractivity contribution in [3.8, 4) is 0 Å². The first kappa shape index (κ1) is 20.8. The molecule has 0 atom stereocenters. The molecule has 1 amide bonds. The molecule has 3 aromatic rings. The highest BCUT2D eigenvalue weighted by Gasteiger charge is 2.30. The van der Waals surface area contributed by atoms with Crippen molar-refractivity contribution >= 4 is 17.2 Å². The van der Waals surface area contributed by atoms with Crippen molar-refractivity contribution in [3.05, 3.63) is 91.3 Å². The van der Waals surface area contributed by atoms with Gasteiger partial charge >= 0.3 is 11.0 Å². The third-order valence-electron chi connectivity index (χ3n) is 4.29. The second-order valence-electron chi connectivity index (χ2n) is 6.38. The zero-order valence-corrected chi connectivity index (χ0v) is 16.0. The van der Waals surface area contributed by atoms with Gasteiger partial charge in [0, 0.05) is 12.2 Å². The number of hydrogen-bond donors (Lipinski definition) is 1. The summed E-state index contributed by atoms with van der Waals surface area (Å²) in [5.41, 5.74) is 0.471. The molecule has 0 aliphatic carbocycles. The molecule has 3 rings (SSSR count). The molecule has 1 aromatic heterocycles. The molecule has 0 fully saturated rings. The summed E-state index contributed by atoms with van der Waals surface area (Å²) in [7, 11) is 0. The molecule has 0 saturated heterocycles. The molecule has 1 N–H and O–H groups in total. The molecular formula is C20H16F4N2O2S. The Morgan fingerprint density at radius 1 is 1.10 bits per heavy atom. The van der Waals surface area contributed by atoms with Gasteiger partial charge in [-0.15, -0.1) is 0 Å². The van der Waals surface area contributed by atoms with E-state index in [2.05, 4.69) is 5.32 Å². The molecule has 152 valence electrons. The zero-order chi connectivity index (χ0) is 21.2. The molecule has 9 heteroatoms. The number of alkyl halides is 3. The summed E-state index contributed by atoms with van der Waals surface area (Å²) in [5, 5.41) is 2.54. The van der Waals surface area contributed by atoms with Crippen molar-refractivity contribution in [1.82, 2.24) is 9.88 Å². The van der Waals surface area contributed by atoms with E-state index in [9.17, 15) is 27.2 Å². The van der Waals surface area contributed by atoms with Crippen LogP contribution in [0.2, 0.25) is 0 Å². The van der Waals surface area contributed by atoms with Crippen LogP contribution in [-0.4, -0.2) is 10.5 Å². The Kier molecular flexibility index (Phi) is 5.88. The minimum Gasteiger partial charge on any atom is -0.347 e. The lowest BCUT2D eigenvalue weighted by Crippen LogP contribution is -2.23. The van der Waals surface area contributed by atoms with Gasteiger partial charge in [0.2, 0.25) is 0 Å². The normalized spacial score (nSPS) is 11.5. The first-order valence-corrected chi connectivity index (χ1v) is 9.36. The molecule has 4 nitrogen and oxygen atoms in total. The van der Waals surface area contributed by atoms with Crippen LogP contribution in [0.1, 0.15) is 32.1 Å². The van der Waals surface area contributed by atoms with Gasteiger partial charge in [-0.3, -0.25) is 14.2 Å². The Hall–Kier alpha value is -2.94. The van der Waals surface area contributed by atoms with Gasteiger partial charge in [0.1, 0.15) is 10.7 Å². The van der Waals surface area contributed by atoms with Crippen molar-refractivity contribution in [2.45, 2.75) is 26.2 Å². The smallest absolute Gasteiger partial charge is 0.347 e. The molecule has 29 heavy (non-hydrogen) atoms. The van der Waals surface area contributed by atoms with Gasteiger partial charge < -0.3 is 5.32 Å². The van der Waals surface area contributed by atoms with Gasteiger partial charge in [-0.1, -0.05) is 35.6 Å². The van der Waals surface area contributed by atoms with E-state index in [1.807, 2.05) is 0 Å². The number of carbonyl (C=O) groups is 1. The van der Waals surface area contributed by atoms with E-state index in [1.165, 1.54) is 34.9 Å². The number of benzene rings is 2. The van der Waals surface area contributed by atoms with Gasteiger partial charge in [-0.05, 0) is 42.3 Å². The lowest BCUT2D eigenvalue weighted by Gasteiger charge is -2.10. The van der Waals surface area contributed by atoms with Crippen LogP contribution in [0.15, 0.2) is 53.3 Å². The Bertz CT molecular complexity index is 1100. The van der Waals surface area contributed by atoms with Gasteiger partial charge in [-0.2, -0.15) is 13.2 Å². The first-order chi connectivity index (χ1) is 13.6. The predicted octanol–water partition coefficient (Wildman–Crippen LogP) is 4.35. The van der Waals surface area contributed by atoms with Crippen molar-refractivity contribution in [2.24, 2.45) is 0 Å². The summed E-state index contributed by atoms with van der Waals surface area (Å²) >= 11 is 0.737. The van der Waals surface area contributed by atoms with Gasteiger partial charge in [0.05, 0.1) is 12.1 Å². The van der Waals surface area contributed by atoms with Crippen LogP contribution in [0.4, 0.5) is 17.6 Å². The number of thiazole rings is 1. The molecule has 0 aliphatic heterocycles. The average molecular weight is 424 g/mol. The van der Waals surface area contributed by atoms with Gasteiger partial charge in [0.15, 0.2) is 0 Å². The number of aromatic nitrogens is 1. The fourth-order valence-electron chi connectivity index (χ4n) is 2.81. The SMILES string of the molecule is Cc1c(C(=O)NCc2cccc(C(F)(F)F)c2)sc(=O)n1Cc1cccc(F)c1. The first-order valence-electron chi connectivity index (χ1n) is 8.54. The van der Waals surface area contributed by atoms with Crippen LogP contribution in [0.25, 0.3) is 0 Å². The van der Waals surface area contributed by atoms with Crippen LogP contribution in [0.5, 0.6) is 0 Å². The molecule has 0 bridgehead atoms. The van der Waals surface area contributed by atoms with Crippen LogP contribution >= 0.6 is 11.3 Å². The maximum atomic E-state index is 13.3. The Morgan fingerprint density at radius 3 is 2.48 bits per heavy atom. The monoisotopic (exact) mass is 424 g/mol. The summed E-state index contributed by atoms with van der Waals surface area (Å²) in [6, 6.07) is 10.4. The van der Waals surface area contributed by atoms with Crippen molar-refractivity contribution < 1.29 is 22.4 Å². The van der Waals surface area contributed by atoms with E-state index in [1.54, 1.807) is 13.0 Å². The van der Waals surface area contributed by atoms with E-state index in [-0.39, 0.29) is 28.4 Å². The fraction of sp³-hybridized carbons (Fsp3) is 0.200. The summed E-state index contributed by atoms with van der Waals surface area (Å²) in [5.74, 6) is -0.984. The molecular weight excluding hydrogens is 408 g/mol. The van der Waals surface area contributed by atoms with E-state index < -0.39 is 23.5 Å². The number of halogens is 4. The van der Waals surface area contributed by atoms with Gasteiger partial charge in [-0.25, -0.2) is 4.39 Å².